The molecule has 112 valence electrons. The molecule has 0 aliphatic rings. The molecule has 0 bridgehead atoms. The third-order valence-corrected chi connectivity index (χ3v) is 4.11. The molecule has 0 radical (unpaired) electrons. The number of hydrogen-bond donors (Lipinski definition) is 3. The molecule has 0 aromatic heterocycles. The molecule has 0 unspecified atom stereocenters. The summed E-state index contributed by atoms with van der Waals surface area (Å²) in [5.74, 6) is -0.412. The number of amides is 1. The van der Waals surface area contributed by atoms with Gasteiger partial charge in [0.1, 0.15) is 0 Å². The molecule has 1 amide bonds. The van der Waals surface area contributed by atoms with E-state index in [0.717, 1.165) is 5.56 Å². The first-order valence-corrected chi connectivity index (χ1v) is 8.18. The molecule has 0 fully saturated rings. The third kappa shape index (κ3) is 5.68. The number of carbonyl (C=O) groups is 1. The summed E-state index contributed by atoms with van der Waals surface area (Å²) in [5, 5.41) is 2.59. The predicted octanol–water partition coefficient (Wildman–Crippen LogP) is -0.143. The maximum absolute atomic E-state index is 11.9. The number of sulfonamides is 1. The molecule has 0 atom stereocenters. The smallest absolute Gasteiger partial charge is 0.251 e. The lowest BCUT2D eigenvalue weighted by Gasteiger charge is -2.07. The van der Waals surface area contributed by atoms with Crippen LogP contribution >= 0.6 is 0 Å². The summed E-state index contributed by atoms with van der Waals surface area (Å²) in [7, 11) is -3.31. The second-order valence-electron chi connectivity index (χ2n) is 4.31. The van der Waals surface area contributed by atoms with E-state index >= 15 is 0 Å². The third-order valence-electron chi connectivity index (χ3n) is 2.64. The number of nitrogens with two attached hydrogens (primary N) is 1. The minimum Gasteiger partial charge on any atom is -0.351 e. The molecule has 7 heteroatoms. The lowest BCUT2D eigenvalue weighted by Crippen LogP contribution is -2.34. The van der Waals surface area contributed by atoms with E-state index in [9.17, 15) is 13.2 Å². The molecular weight excluding hydrogens is 278 g/mol. The van der Waals surface area contributed by atoms with E-state index in [4.69, 9.17) is 5.73 Å². The molecule has 0 spiro atoms. The molecule has 0 aliphatic heterocycles. The fraction of sp³-hybridized carbons (Fsp3) is 0.462. The largest absolute Gasteiger partial charge is 0.351 e. The van der Waals surface area contributed by atoms with Crippen molar-refractivity contribution >= 4 is 15.9 Å². The lowest BCUT2D eigenvalue weighted by atomic mass is 10.1. The molecule has 1 aromatic carbocycles. The molecule has 20 heavy (non-hydrogen) atoms. The van der Waals surface area contributed by atoms with Gasteiger partial charge in [-0.2, -0.15) is 0 Å². The van der Waals surface area contributed by atoms with E-state index in [1.807, 2.05) is 6.07 Å². The van der Waals surface area contributed by atoms with Crippen LogP contribution < -0.4 is 15.8 Å². The molecule has 0 saturated carbocycles. The summed E-state index contributed by atoms with van der Waals surface area (Å²) in [6.45, 7) is 2.65. The highest BCUT2D eigenvalue weighted by Gasteiger charge is 2.10. The Labute approximate surface area is 119 Å². The SMILES string of the molecule is CCNS(=O)(=O)CCNC(=O)c1cccc(CCN)c1. The topological polar surface area (TPSA) is 101 Å². The highest BCUT2D eigenvalue weighted by atomic mass is 32.2. The number of carbonyl (C=O) groups excluding carboxylic acids is 1. The quantitative estimate of drug-likeness (QED) is 0.621. The molecule has 4 N–H and O–H groups in total. The molecule has 0 heterocycles. The van der Waals surface area contributed by atoms with Crippen LogP contribution in [0.1, 0.15) is 22.8 Å². The van der Waals surface area contributed by atoms with Crippen molar-refractivity contribution in [1.82, 2.24) is 10.0 Å². The van der Waals surface area contributed by atoms with Crippen LogP contribution in [0.2, 0.25) is 0 Å². The van der Waals surface area contributed by atoms with Gasteiger partial charge < -0.3 is 11.1 Å². The second kappa shape index (κ2) is 7.98. The Bertz CT molecular complexity index is 544. The van der Waals surface area contributed by atoms with Crippen molar-refractivity contribution in [3.63, 3.8) is 0 Å². The fourth-order valence-corrected chi connectivity index (χ4v) is 2.68. The van der Waals surface area contributed by atoms with E-state index < -0.39 is 10.0 Å². The first-order chi connectivity index (χ1) is 9.48. The Balaban J connectivity index is 2.53. The molecule has 0 saturated heterocycles. The zero-order chi connectivity index (χ0) is 15.0. The van der Waals surface area contributed by atoms with Gasteiger partial charge in [0.2, 0.25) is 10.0 Å². The Kier molecular flexibility index (Phi) is 6.63. The van der Waals surface area contributed by atoms with Crippen molar-refractivity contribution in [1.29, 1.82) is 0 Å². The maximum Gasteiger partial charge on any atom is 0.251 e. The number of benzene rings is 1. The summed E-state index contributed by atoms with van der Waals surface area (Å²) in [5.41, 5.74) is 6.97. The first-order valence-electron chi connectivity index (χ1n) is 6.53. The van der Waals surface area contributed by atoms with Gasteiger partial charge in [0, 0.05) is 18.7 Å². The Morgan fingerprint density at radius 3 is 2.75 bits per heavy atom. The van der Waals surface area contributed by atoms with Crippen LogP contribution in [0.3, 0.4) is 0 Å². The van der Waals surface area contributed by atoms with Crippen molar-refractivity contribution in [3.8, 4) is 0 Å². The minimum atomic E-state index is -3.31. The second-order valence-corrected chi connectivity index (χ2v) is 6.24. The number of hydrogen-bond acceptors (Lipinski definition) is 4. The highest BCUT2D eigenvalue weighted by Crippen LogP contribution is 2.05. The number of nitrogens with one attached hydrogen (secondary N) is 2. The summed E-state index contributed by atoms with van der Waals surface area (Å²) in [4.78, 5) is 11.9. The summed E-state index contributed by atoms with van der Waals surface area (Å²) < 4.78 is 25.2. The van der Waals surface area contributed by atoms with Gasteiger partial charge >= 0.3 is 0 Å². The van der Waals surface area contributed by atoms with Crippen molar-refractivity contribution in [2.75, 3.05) is 25.4 Å². The Hall–Kier alpha value is -1.44. The van der Waals surface area contributed by atoms with Gasteiger partial charge in [-0.25, -0.2) is 13.1 Å². The average Bonchev–Trinajstić information content (AvgIpc) is 2.39. The van der Waals surface area contributed by atoms with Gasteiger partial charge in [-0.05, 0) is 30.7 Å². The van der Waals surface area contributed by atoms with E-state index in [-0.39, 0.29) is 18.2 Å². The van der Waals surface area contributed by atoms with Crippen molar-refractivity contribution in [3.05, 3.63) is 35.4 Å². The molecule has 0 aliphatic carbocycles. The standard InChI is InChI=1S/C13H21N3O3S/c1-2-16-20(18,19)9-8-15-13(17)12-5-3-4-11(10-12)6-7-14/h3-5,10,16H,2,6-9,14H2,1H3,(H,15,17). The average molecular weight is 299 g/mol. The van der Waals surface area contributed by atoms with Gasteiger partial charge in [-0.3, -0.25) is 4.79 Å². The van der Waals surface area contributed by atoms with Gasteiger partial charge in [0.05, 0.1) is 5.75 Å². The van der Waals surface area contributed by atoms with E-state index in [0.29, 0.717) is 25.1 Å². The fourth-order valence-electron chi connectivity index (χ4n) is 1.73. The Morgan fingerprint density at radius 2 is 2.10 bits per heavy atom. The molecule has 1 rings (SSSR count). The van der Waals surface area contributed by atoms with E-state index in [1.165, 1.54) is 0 Å². The summed E-state index contributed by atoms with van der Waals surface area (Å²) >= 11 is 0. The maximum atomic E-state index is 11.9. The molecule has 6 nitrogen and oxygen atoms in total. The number of rotatable bonds is 8. The van der Waals surface area contributed by atoms with Gasteiger partial charge in [0.25, 0.3) is 5.91 Å². The van der Waals surface area contributed by atoms with Crippen LogP contribution in [0.4, 0.5) is 0 Å². The first kappa shape index (κ1) is 16.6. The monoisotopic (exact) mass is 299 g/mol. The minimum absolute atomic E-state index is 0.0787. The highest BCUT2D eigenvalue weighted by molar-refractivity contribution is 7.89. The molecule has 1 aromatic rings. The van der Waals surface area contributed by atoms with Crippen LogP contribution in [0.25, 0.3) is 0 Å². The normalized spacial score (nSPS) is 11.3. The van der Waals surface area contributed by atoms with Crippen LogP contribution in [-0.4, -0.2) is 39.7 Å². The van der Waals surface area contributed by atoms with Crippen LogP contribution in [0, 0.1) is 0 Å². The van der Waals surface area contributed by atoms with Crippen molar-refractivity contribution < 1.29 is 13.2 Å². The Morgan fingerprint density at radius 1 is 1.35 bits per heavy atom. The van der Waals surface area contributed by atoms with Crippen LogP contribution in [0.15, 0.2) is 24.3 Å². The van der Waals surface area contributed by atoms with Gasteiger partial charge in [0.15, 0.2) is 0 Å². The van der Waals surface area contributed by atoms with Gasteiger partial charge in [-0.1, -0.05) is 19.1 Å². The zero-order valence-electron chi connectivity index (χ0n) is 11.6. The van der Waals surface area contributed by atoms with Crippen LogP contribution in [-0.2, 0) is 16.4 Å². The van der Waals surface area contributed by atoms with E-state index in [2.05, 4.69) is 10.0 Å². The molecular formula is C13H21N3O3S. The van der Waals surface area contributed by atoms with Crippen molar-refractivity contribution in [2.45, 2.75) is 13.3 Å². The van der Waals surface area contributed by atoms with Crippen molar-refractivity contribution in [2.24, 2.45) is 5.73 Å². The summed E-state index contributed by atoms with van der Waals surface area (Å²) in [6.07, 6.45) is 0.704. The summed E-state index contributed by atoms with van der Waals surface area (Å²) in [6, 6.07) is 7.14. The predicted molar refractivity (Wildman–Crippen MR) is 79.0 cm³/mol. The zero-order valence-corrected chi connectivity index (χ0v) is 12.4. The van der Waals surface area contributed by atoms with Crippen LogP contribution in [0.5, 0.6) is 0 Å². The van der Waals surface area contributed by atoms with E-state index in [1.54, 1.807) is 25.1 Å². The lowest BCUT2D eigenvalue weighted by molar-refractivity contribution is 0.0956. The van der Waals surface area contributed by atoms with Gasteiger partial charge in [-0.15, -0.1) is 0 Å².